The SMILES string of the molecule is COc1ccc2nc(NP(=S)(c3ccccc3)c3ccccc3)sc2c1. The normalized spacial score (nSPS) is 11.4. The first-order valence-electron chi connectivity index (χ1n) is 8.13. The van der Waals surface area contributed by atoms with Crippen molar-refractivity contribution < 1.29 is 4.74 Å². The van der Waals surface area contributed by atoms with E-state index in [4.69, 9.17) is 21.5 Å². The molecule has 4 rings (SSSR count). The molecule has 0 saturated heterocycles. The third-order valence-electron chi connectivity index (χ3n) is 4.09. The molecule has 0 fully saturated rings. The lowest BCUT2D eigenvalue weighted by Gasteiger charge is -2.24. The van der Waals surface area contributed by atoms with Gasteiger partial charge in [-0.2, -0.15) is 0 Å². The molecule has 0 amide bonds. The number of aromatic nitrogens is 1. The van der Waals surface area contributed by atoms with Crippen molar-refractivity contribution in [2.75, 3.05) is 12.2 Å². The van der Waals surface area contributed by atoms with Crippen molar-refractivity contribution in [1.29, 1.82) is 0 Å². The molecule has 1 aromatic heterocycles. The molecule has 0 atom stereocenters. The molecule has 3 aromatic carbocycles. The molecule has 0 bridgehead atoms. The van der Waals surface area contributed by atoms with Crippen molar-refractivity contribution in [2.45, 2.75) is 0 Å². The van der Waals surface area contributed by atoms with E-state index in [0.29, 0.717) is 0 Å². The molecule has 0 unspecified atom stereocenters. The van der Waals surface area contributed by atoms with Crippen LogP contribution in [0.2, 0.25) is 0 Å². The molecule has 1 N–H and O–H groups in total. The van der Waals surface area contributed by atoms with Crippen LogP contribution in [-0.2, 0) is 11.8 Å². The van der Waals surface area contributed by atoms with Crippen LogP contribution in [0.25, 0.3) is 10.2 Å². The smallest absolute Gasteiger partial charge is 0.188 e. The summed E-state index contributed by atoms with van der Waals surface area (Å²) in [4.78, 5) is 4.74. The maximum Gasteiger partial charge on any atom is 0.188 e. The van der Waals surface area contributed by atoms with Crippen LogP contribution in [0.4, 0.5) is 5.13 Å². The molecular formula is C20H17N2OPS2. The lowest BCUT2D eigenvalue weighted by Crippen LogP contribution is -2.21. The number of rotatable bonds is 5. The Morgan fingerprint density at radius 1 is 0.923 bits per heavy atom. The third kappa shape index (κ3) is 3.26. The first-order chi connectivity index (χ1) is 12.7. The van der Waals surface area contributed by atoms with E-state index in [9.17, 15) is 0 Å². The summed E-state index contributed by atoms with van der Waals surface area (Å²) in [5, 5.41) is 6.69. The summed E-state index contributed by atoms with van der Waals surface area (Å²) in [6.45, 7) is 0. The van der Waals surface area contributed by atoms with Crippen LogP contribution >= 0.6 is 17.5 Å². The van der Waals surface area contributed by atoms with Gasteiger partial charge >= 0.3 is 0 Å². The minimum Gasteiger partial charge on any atom is -0.497 e. The van der Waals surface area contributed by atoms with E-state index in [1.165, 1.54) is 0 Å². The average molecular weight is 396 g/mol. The number of benzene rings is 3. The molecule has 0 aliphatic carbocycles. The van der Waals surface area contributed by atoms with Gasteiger partial charge in [-0.3, -0.25) is 0 Å². The summed E-state index contributed by atoms with van der Waals surface area (Å²) in [5.74, 6) is 0.832. The molecule has 0 aliphatic rings. The first-order valence-corrected chi connectivity index (χ1v) is 11.7. The Balaban J connectivity index is 1.80. The average Bonchev–Trinajstić information content (AvgIpc) is 3.10. The summed E-state index contributed by atoms with van der Waals surface area (Å²) < 4.78 is 6.39. The number of hydrogen-bond donors (Lipinski definition) is 1. The Morgan fingerprint density at radius 2 is 1.54 bits per heavy atom. The Kier molecular flexibility index (Phi) is 4.77. The Hall–Kier alpha value is -2.20. The molecule has 4 aromatic rings. The van der Waals surface area contributed by atoms with Gasteiger partial charge in [0.25, 0.3) is 0 Å². The van der Waals surface area contributed by atoms with Gasteiger partial charge in [-0.15, -0.1) is 0 Å². The predicted molar refractivity (Wildman–Crippen MR) is 116 cm³/mol. The molecule has 6 heteroatoms. The highest BCUT2D eigenvalue weighted by atomic mass is 32.4. The van der Waals surface area contributed by atoms with E-state index in [0.717, 1.165) is 31.7 Å². The maximum absolute atomic E-state index is 6.21. The van der Waals surface area contributed by atoms with E-state index in [1.54, 1.807) is 18.4 Å². The van der Waals surface area contributed by atoms with E-state index in [2.05, 4.69) is 29.4 Å². The van der Waals surface area contributed by atoms with E-state index in [-0.39, 0.29) is 0 Å². The maximum atomic E-state index is 6.21. The van der Waals surface area contributed by atoms with Crippen LogP contribution in [0.1, 0.15) is 0 Å². The highest BCUT2D eigenvalue weighted by molar-refractivity contribution is 8.22. The van der Waals surface area contributed by atoms with Crippen molar-refractivity contribution in [1.82, 2.24) is 4.98 Å². The fraction of sp³-hybridized carbons (Fsp3) is 0.0500. The molecule has 0 spiro atoms. The third-order valence-corrected chi connectivity index (χ3v) is 9.29. The zero-order valence-corrected chi connectivity index (χ0v) is 16.7. The monoisotopic (exact) mass is 396 g/mol. The Morgan fingerprint density at radius 3 is 2.12 bits per heavy atom. The number of thiazole rings is 1. The summed E-state index contributed by atoms with van der Waals surface area (Å²) in [7, 11) is 1.67. The fourth-order valence-electron chi connectivity index (χ4n) is 2.77. The lowest BCUT2D eigenvalue weighted by atomic mass is 10.3. The number of ether oxygens (including phenoxy) is 1. The predicted octanol–water partition coefficient (Wildman–Crippen LogP) is 4.76. The summed E-state index contributed by atoms with van der Waals surface area (Å²) in [5.41, 5.74) is 0.945. The van der Waals surface area contributed by atoms with Crippen LogP contribution < -0.4 is 20.4 Å². The van der Waals surface area contributed by atoms with Gasteiger partial charge in [0.1, 0.15) is 5.75 Å². The molecule has 130 valence electrons. The van der Waals surface area contributed by atoms with Crippen LogP contribution in [0.15, 0.2) is 78.9 Å². The minimum absolute atomic E-state index is 0.832. The van der Waals surface area contributed by atoms with E-state index in [1.807, 2.05) is 54.6 Å². The second kappa shape index (κ2) is 7.20. The summed E-state index contributed by atoms with van der Waals surface area (Å²) in [6, 6.07) is 26.4. The highest BCUT2D eigenvalue weighted by Gasteiger charge is 2.23. The zero-order chi connectivity index (χ0) is 18.0. The van der Waals surface area contributed by atoms with Crippen LogP contribution in [-0.4, -0.2) is 12.1 Å². The van der Waals surface area contributed by atoms with Crippen molar-refractivity contribution in [3.05, 3.63) is 78.9 Å². The van der Waals surface area contributed by atoms with Gasteiger partial charge in [0.2, 0.25) is 0 Å². The van der Waals surface area contributed by atoms with Gasteiger partial charge in [-0.1, -0.05) is 83.8 Å². The second-order valence-electron chi connectivity index (χ2n) is 5.74. The highest BCUT2D eigenvalue weighted by Crippen LogP contribution is 2.45. The summed E-state index contributed by atoms with van der Waals surface area (Å²) in [6.07, 6.45) is -2.22. The van der Waals surface area contributed by atoms with Gasteiger partial charge in [0.05, 0.1) is 23.5 Å². The topological polar surface area (TPSA) is 34.1 Å². The number of anilines is 1. The number of fused-ring (bicyclic) bond motifs is 1. The molecule has 0 radical (unpaired) electrons. The van der Waals surface area contributed by atoms with Crippen molar-refractivity contribution in [3.63, 3.8) is 0 Å². The number of nitrogens with zero attached hydrogens (tertiary/aromatic N) is 1. The van der Waals surface area contributed by atoms with Gasteiger partial charge < -0.3 is 9.82 Å². The van der Waals surface area contributed by atoms with Gasteiger partial charge in [0, 0.05) is 10.6 Å². The molecule has 1 heterocycles. The summed E-state index contributed by atoms with van der Waals surface area (Å²) >= 11 is 7.81. The Labute approximate surface area is 161 Å². The van der Waals surface area contributed by atoms with E-state index < -0.39 is 6.19 Å². The number of nitrogens with one attached hydrogen (secondary N) is 1. The molecule has 0 aliphatic heterocycles. The van der Waals surface area contributed by atoms with Crippen LogP contribution in [0.5, 0.6) is 5.75 Å². The zero-order valence-electron chi connectivity index (χ0n) is 14.1. The number of hydrogen-bond acceptors (Lipinski definition) is 4. The molecular weight excluding hydrogens is 379 g/mol. The molecule has 3 nitrogen and oxygen atoms in total. The largest absolute Gasteiger partial charge is 0.497 e. The van der Waals surface area contributed by atoms with Crippen molar-refractivity contribution in [3.8, 4) is 5.75 Å². The molecule has 26 heavy (non-hydrogen) atoms. The van der Waals surface area contributed by atoms with Crippen molar-refractivity contribution in [2.24, 2.45) is 0 Å². The quantitative estimate of drug-likeness (QED) is 0.493. The van der Waals surface area contributed by atoms with Crippen molar-refractivity contribution >= 4 is 55.3 Å². The molecule has 0 saturated carbocycles. The van der Waals surface area contributed by atoms with Gasteiger partial charge in [0.15, 0.2) is 5.13 Å². The van der Waals surface area contributed by atoms with E-state index >= 15 is 0 Å². The standard InChI is InChI=1S/C20H17N2OPS2/c1-23-15-12-13-18-19(14-15)26-20(21-18)22-24(25,16-8-4-2-5-9-16)17-10-6-3-7-11-17/h2-14H,1H3,(H,21,22,25). The van der Waals surface area contributed by atoms with Crippen LogP contribution in [0, 0.1) is 0 Å². The first kappa shape index (κ1) is 17.2. The van der Waals surface area contributed by atoms with Crippen LogP contribution in [0.3, 0.4) is 0 Å². The number of methoxy groups -OCH3 is 1. The second-order valence-corrected chi connectivity index (χ2v) is 10.9. The lowest BCUT2D eigenvalue weighted by molar-refractivity contribution is 0.415. The Bertz CT molecular complexity index is 1040. The minimum atomic E-state index is -2.22. The van der Waals surface area contributed by atoms with Gasteiger partial charge in [-0.05, 0) is 18.2 Å². The van der Waals surface area contributed by atoms with Gasteiger partial charge in [-0.25, -0.2) is 4.98 Å². The fourth-order valence-corrected chi connectivity index (χ4v) is 7.33.